The molecule has 1 aromatic heterocycles. The second kappa shape index (κ2) is 5.01. The average Bonchev–Trinajstić information content (AvgIpc) is 2.84. The number of aromatic nitrogens is 1. The van der Waals surface area contributed by atoms with Crippen LogP contribution >= 0.6 is 0 Å². The van der Waals surface area contributed by atoms with Crippen LogP contribution in [0, 0.1) is 10.1 Å². The second-order valence-corrected chi connectivity index (χ2v) is 4.43. The molecule has 0 saturated carbocycles. The number of nitro groups is 1. The zero-order chi connectivity index (χ0) is 13.9. The van der Waals surface area contributed by atoms with Gasteiger partial charge in [-0.25, -0.2) is 0 Å². The van der Waals surface area contributed by atoms with Crippen molar-refractivity contribution in [3.63, 3.8) is 0 Å². The zero-order valence-corrected chi connectivity index (χ0v) is 10.6. The second-order valence-electron chi connectivity index (χ2n) is 4.43. The molecule has 4 nitrogen and oxygen atoms in total. The topological polar surface area (TPSA) is 58.9 Å². The minimum atomic E-state index is -0.458. The Morgan fingerprint density at radius 3 is 2.45 bits per heavy atom. The molecule has 20 heavy (non-hydrogen) atoms. The first-order valence-corrected chi connectivity index (χ1v) is 6.23. The molecule has 0 spiro atoms. The summed E-state index contributed by atoms with van der Waals surface area (Å²) in [6, 6.07) is 17.7. The van der Waals surface area contributed by atoms with Crippen LogP contribution < -0.4 is 0 Å². The van der Waals surface area contributed by atoms with E-state index < -0.39 is 4.92 Å². The van der Waals surface area contributed by atoms with E-state index in [1.807, 2.05) is 54.6 Å². The fraction of sp³-hybridized carbons (Fsp3) is 0. The largest absolute Gasteiger partial charge is 0.354 e. The Hall–Kier alpha value is -2.88. The first-order valence-electron chi connectivity index (χ1n) is 6.23. The van der Waals surface area contributed by atoms with Gasteiger partial charge >= 0.3 is 0 Å². The maximum absolute atomic E-state index is 10.5. The van der Waals surface area contributed by atoms with Crippen molar-refractivity contribution in [2.75, 3.05) is 0 Å². The van der Waals surface area contributed by atoms with Gasteiger partial charge in [0.05, 0.1) is 10.6 Å². The van der Waals surface area contributed by atoms with Crippen molar-refractivity contribution >= 4 is 17.0 Å². The maximum Gasteiger partial charge on any atom is 0.236 e. The van der Waals surface area contributed by atoms with Gasteiger partial charge in [-0.1, -0.05) is 48.5 Å². The van der Waals surface area contributed by atoms with E-state index in [9.17, 15) is 10.1 Å². The van der Waals surface area contributed by atoms with Gasteiger partial charge < -0.3 is 4.98 Å². The number of fused-ring (bicyclic) bond motifs is 1. The van der Waals surface area contributed by atoms with Crippen molar-refractivity contribution in [3.8, 4) is 11.1 Å². The zero-order valence-electron chi connectivity index (χ0n) is 10.6. The third-order valence-corrected chi connectivity index (χ3v) is 3.16. The van der Waals surface area contributed by atoms with Crippen LogP contribution in [-0.4, -0.2) is 9.91 Å². The number of H-pyrrole nitrogens is 1. The Morgan fingerprint density at radius 2 is 1.70 bits per heavy atom. The molecular formula is C16H12N2O2. The van der Waals surface area contributed by atoms with Crippen LogP contribution in [0.3, 0.4) is 0 Å². The number of nitrogens with zero attached hydrogens (tertiary/aromatic N) is 1. The molecule has 0 amide bonds. The summed E-state index contributed by atoms with van der Waals surface area (Å²) in [5, 5.41) is 11.6. The van der Waals surface area contributed by atoms with Gasteiger partial charge in [0.25, 0.3) is 0 Å². The van der Waals surface area contributed by atoms with Gasteiger partial charge in [-0.2, -0.15) is 0 Å². The number of nitrogens with one attached hydrogen (secondary N) is 1. The molecule has 98 valence electrons. The average molecular weight is 264 g/mol. The van der Waals surface area contributed by atoms with E-state index in [4.69, 9.17) is 0 Å². The molecule has 0 aliphatic rings. The Morgan fingerprint density at radius 1 is 1.00 bits per heavy atom. The highest BCUT2D eigenvalue weighted by atomic mass is 16.6. The number of rotatable bonds is 3. The Labute approximate surface area is 115 Å². The molecular weight excluding hydrogens is 252 g/mol. The van der Waals surface area contributed by atoms with Crippen molar-refractivity contribution < 1.29 is 4.92 Å². The summed E-state index contributed by atoms with van der Waals surface area (Å²) in [6.07, 6.45) is 2.46. The van der Waals surface area contributed by atoms with Gasteiger partial charge in [0, 0.05) is 22.5 Å². The third kappa shape index (κ3) is 2.19. The predicted octanol–water partition coefficient (Wildman–Crippen LogP) is 4.08. The fourth-order valence-electron chi connectivity index (χ4n) is 2.34. The molecule has 0 saturated heterocycles. The first-order chi connectivity index (χ1) is 9.75. The van der Waals surface area contributed by atoms with Crippen molar-refractivity contribution in [2.45, 2.75) is 0 Å². The summed E-state index contributed by atoms with van der Waals surface area (Å²) < 4.78 is 0. The molecule has 1 heterocycles. The van der Waals surface area contributed by atoms with E-state index in [0.29, 0.717) is 0 Å². The molecule has 0 radical (unpaired) electrons. The number of hydrogen-bond acceptors (Lipinski definition) is 2. The molecule has 0 aliphatic heterocycles. The minimum absolute atomic E-state index is 0.458. The summed E-state index contributed by atoms with van der Waals surface area (Å²) >= 11 is 0. The first kappa shape index (κ1) is 12.2. The predicted molar refractivity (Wildman–Crippen MR) is 79.8 cm³/mol. The molecule has 2 aromatic carbocycles. The van der Waals surface area contributed by atoms with Crippen molar-refractivity contribution in [1.82, 2.24) is 4.98 Å². The summed E-state index contributed by atoms with van der Waals surface area (Å²) in [4.78, 5) is 13.3. The van der Waals surface area contributed by atoms with E-state index in [-0.39, 0.29) is 0 Å². The molecule has 0 fully saturated rings. The molecule has 0 unspecified atom stereocenters. The van der Waals surface area contributed by atoms with Gasteiger partial charge in [0.15, 0.2) is 0 Å². The van der Waals surface area contributed by atoms with Crippen LogP contribution in [0.2, 0.25) is 0 Å². The Bertz CT molecular complexity index is 789. The monoisotopic (exact) mass is 264 g/mol. The van der Waals surface area contributed by atoms with E-state index >= 15 is 0 Å². The highest BCUT2D eigenvalue weighted by molar-refractivity contribution is 5.99. The fourth-order valence-corrected chi connectivity index (χ4v) is 2.34. The Balaban J connectivity index is 2.26. The Kier molecular flexibility index (Phi) is 3.05. The lowest BCUT2D eigenvalue weighted by Crippen LogP contribution is -1.84. The lowest BCUT2D eigenvalue weighted by Gasteiger charge is -2.01. The van der Waals surface area contributed by atoms with Gasteiger partial charge in [-0.05, 0) is 11.6 Å². The quantitative estimate of drug-likeness (QED) is 0.572. The maximum atomic E-state index is 10.5. The van der Waals surface area contributed by atoms with Crippen LogP contribution in [0.4, 0.5) is 0 Å². The van der Waals surface area contributed by atoms with Crippen LogP contribution in [0.15, 0.2) is 60.8 Å². The molecule has 1 N–H and O–H groups in total. The summed E-state index contributed by atoms with van der Waals surface area (Å²) in [7, 11) is 0. The standard InChI is InChI=1S/C16H12N2O2/c19-18(20)11-10-15-16(12-6-2-1-3-7-12)13-8-4-5-9-14(13)17-15/h1-11,17H/b11-10+. The van der Waals surface area contributed by atoms with Gasteiger partial charge in [-0.3, -0.25) is 10.1 Å². The SMILES string of the molecule is O=[N+]([O-])/C=C/c1[nH]c2ccccc2c1-c1ccccc1. The van der Waals surface area contributed by atoms with E-state index in [2.05, 4.69) is 4.98 Å². The molecule has 0 bridgehead atoms. The number of hydrogen-bond donors (Lipinski definition) is 1. The smallest absolute Gasteiger partial charge is 0.236 e. The number of aromatic amines is 1. The molecule has 0 atom stereocenters. The normalized spacial score (nSPS) is 11.2. The third-order valence-electron chi connectivity index (χ3n) is 3.16. The van der Waals surface area contributed by atoms with Crippen LogP contribution in [0.25, 0.3) is 28.1 Å². The van der Waals surface area contributed by atoms with Crippen molar-refractivity contribution in [2.24, 2.45) is 0 Å². The minimum Gasteiger partial charge on any atom is -0.354 e. The van der Waals surface area contributed by atoms with Crippen LogP contribution in [-0.2, 0) is 0 Å². The van der Waals surface area contributed by atoms with Crippen LogP contribution in [0.5, 0.6) is 0 Å². The van der Waals surface area contributed by atoms with Gasteiger partial charge in [-0.15, -0.1) is 0 Å². The molecule has 4 heteroatoms. The molecule has 0 aliphatic carbocycles. The molecule has 3 rings (SSSR count). The summed E-state index contributed by atoms with van der Waals surface area (Å²) in [5.41, 5.74) is 3.73. The summed E-state index contributed by atoms with van der Waals surface area (Å²) in [5.74, 6) is 0. The molecule has 3 aromatic rings. The number of benzene rings is 2. The lowest BCUT2D eigenvalue weighted by molar-refractivity contribution is -0.400. The number of para-hydroxylation sites is 1. The summed E-state index contributed by atoms with van der Waals surface area (Å²) in [6.45, 7) is 0. The van der Waals surface area contributed by atoms with E-state index in [0.717, 1.165) is 33.9 Å². The van der Waals surface area contributed by atoms with Gasteiger partial charge in [0.2, 0.25) is 6.20 Å². The van der Waals surface area contributed by atoms with Crippen molar-refractivity contribution in [3.05, 3.63) is 76.6 Å². The van der Waals surface area contributed by atoms with Gasteiger partial charge in [0.1, 0.15) is 0 Å². The van der Waals surface area contributed by atoms with Crippen molar-refractivity contribution in [1.29, 1.82) is 0 Å². The highest BCUT2D eigenvalue weighted by Gasteiger charge is 2.11. The van der Waals surface area contributed by atoms with E-state index in [1.165, 1.54) is 6.08 Å². The lowest BCUT2D eigenvalue weighted by atomic mass is 10.0. The highest BCUT2D eigenvalue weighted by Crippen LogP contribution is 2.32. The van der Waals surface area contributed by atoms with Crippen LogP contribution in [0.1, 0.15) is 5.69 Å². The van der Waals surface area contributed by atoms with E-state index in [1.54, 1.807) is 0 Å².